The number of para-hydroxylation sites is 2. The number of benzene rings is 2. The molecule has 0 unspecified atom stereocenters. The number of ether oxygens (including phenoxy) is 2. The van der Waals surface area contributed by atoms with E-state index in [2.05, 4.69) is 5.32 Å². The van der Waals surface area contributed by atoms with Crippen LogP contribution >= 0.6 is 11.6 Å². The fourth-order valence-electron chi connectivity index (χ4n) is 3.28. The summed E-state index contributed by atoms with van der Waals surface area (Å²) >= 11 is 5.86. The lowest BCUT2D eigenvalue weighted by molar-refractivity contribution is -0.152. The summed E-state index contributed by atoms with van der Waals surface area (Å²) in [6, 6.07) is 13.7. The summed E-state index contributed by atoms with van der Waals surface area (Å²) in [4.78, 5) is 38.6. The van der Waals surface area contributed by atoms with Gasteiger partial charge in [0.25, 0.3) is 11.8 Å². The second-order valence-electron chi connectivity index (χ2n) is 6.93. The van der Waals surface area contributed by atoms with Crippen molar-refractivity contribution in [3.8, 4) is 5.75 Å². The quantitative estimate of drug-likeness (QED) is 0.710. The van der Waals surface area contributed by atoms with Crippen molar-refractivity contribution in [2.75, 3.05) is 32.1 Å². The van der Waals surface area contributed by atoms with E-state index in [9.17, 15) is 14.4 Å². The maximum Gasteiger partial charge on any atom is 0.309 e. The highest BCUT2D eigenvalue weighted by molar-refractivity contribution is 6.30. The second kappa shape index (κ2) is 10.1. The average molecular weight is 431 g/mol. The molecule has 0 aliphatic carbocycles. The Morgan fingerprint density at radius 2 is 1.73 bits per heavy atom. The van der Waals surface area contributed by atoms with E-state index in [0.29, 0.717) is 48.0 Å². The largest absolute Gasteiger partial charge is 0.495 e. The molecule has 1 N–H and O–H groups in total. The monoisotopic (exact) mass is 430 g/mol. The number of methoxy groups -OCH3 is 1. The van der Waals surface area contributed by atoms with Gasteiger partial charge in [-0.3, -0.25) is 14.4 Å². The van der Waals surface area contributed by atoms with Gasteiger partial charge in [0.05, 0.1) is 18.7 Å². The number of nitrogens with one attached hydrogen (secondary N) is 1. The number of piperidine rings is 1. The smallest absolute Gasteiger partial charge is 0.309 e. The molecule has 3 rings (SSSR count). The molecule has 30 heavy (non-hydrogen) atoms. The number of rotatable bonds is 6. The highest BCUT2D eigenvalue weighted by Crippen LogP contribution is 2.23. The van der Waals surface area contributed by atoms with Crippen LogP contribution in [0.5, 0.6) is 5.75 Å². The van der Waals surface area contributed by atoms with Gasteiger partial charge in [-0.25, -0.2) is 0 Å². The minimum atomic E-state index is -0.441. The van der Waals surface area contributed by atoms with Crippen molar-refractivity contribution in [2.24, 2.45) is 5.92 Å². The van der Waals surface area contributed by atoms with Crippen molar-refractivity contribution in [3.05, 3.63) is 59.1 Å². The van der Waals surface area contributed by atoms with Gasteiger partial charge in [0.1, 0.15) is 5.75 Å². The molecular formula is C22H23ClN2O5. The zero-order chi connectivity index (χ0) is 21.5. The number of halogens is 1. The molecule has 0 bridgehead atoms. The molecule has 1 aliphatic heterocycles. The lowest BCUT2D eigenvalue weighted by atomic mass is 9.96. The third kappa shape index (κ3) is 5.51. The number of nitrogens with zero attached hydrogens (tertiary/aromatic N) is 1. The number of likely N-dealkylation sites (tertiary alicyclic amines) is 1. The zero-order valence-electron chi connectivity index (χ0n) is 16.6. The molecule has 1 aliphatic rings. The second-order valence-corrected chi connectivity index (χ2v) is 7.37. The van der Waals surface area contributed by atoms with Crippen molar-refractivity contribution in [1.82, 2.24) is 4.90 Å². The lowest BCUT2D eigenvalue weighted by Crippen LogP contribution is -2.41. The Hall–Kier alpha value is -3.06. The summed E-state index contributed by atoms with van der Waals surface area (Å²) in [5.41, 5.74) is 1.07. The Bertz CT molecular complexity index is 908. The van der Waals surface area contributed by atoms with Crippen LogP contribution in [0.1, 0.15) is 23.2 Å². The molecule has 1 fully saturated rings. The fraction of sp³-hybridized carbons (Fsp3) is 0.318. The summed E-state index contributed by atoms with van der Waals surface area (Å²) in [5.74, 6) is -0.769. The van der Waals surface area contributed by atoms with E-state index in [1.165, 1.54) is 7.11 Å². The van der Waals surface area contributed by atoms with Crippen molar-refractivity contribution in [2.45, 2.75) is 12.8 Å². The van der Waals surface area contributed by atoms with Gasteiger partial charge in [-0.05, 0) is 49.2 Å². The van der Waals surface area contributed by atoms with Crippen LogP contribution in [0.25, 0.3) is 0 Å². The number of hydrogen-bond acceptors (Lipinski definition) is 5. The van der Waals surface area contributed by atoms with E-state index < -0.39 is 11.9 Å². The molecule has 0 spiro atoms. The first-order valence-electron chi connectivity index (χ1n) is 9.62. The minimum Gasteiger partial charge on any atom is -0.495 e. The van der Waals surface area contributed by atoms with Gasteiger partial charge in [-0.15, -0.1) is 0 Å². The van der Waals surface area contributed by atoms with Crippen molar-refractivity contribution >= 4 is 35.1 Å². The molecule has 0 radical (unpaired) electrons. The van der Waals surface area contributed by atoms with Crippen LogP contribution in [-0.4, -0.2) is 49.5 Å². The predicted molar refractivity (Wildman–Crippen MR) is 113 cm³/mol. The van der Waals surface area contributed by atoms with E-state index in [1.807, 2.05) is 0 Å². The van der Waals surface area contributed by atoms with E-state index in [1.54, 1.807) is 53.4 Å². The number of carbonyl (C=O) groups excluding carboxylic acids is 3. The van der Waals surface area contributed by atoms with Crippen LogP contribution < -0.4 is 10.1 Å². The number of hydrogen-bond donors (Lipinski definition) is 1. The molecule has 0 atom stereocenters. The van der Waals surface area contributed by atoms with Crippen LogP contribution in [0.3, 0.4) is 0 Å². The van der Waals surface area contributed by atoms with Crippen molar-refractivity contribution in [1.29, 1.82) is 0 Å². The van der Waals surface area contributed by atoms with E-state index >= 15 is 0 Å². The number of amides is 2. The Morgan fingerprint density at radius 1 is 1.07 bits per heavy atom. The first-order valence-corrected chi connectivity index (χ1v) is 10.00. The van der Waals surface area contributed by atoms with Crippen LogP contribution in [0, 0.1) is 5.92 Å². The molecule has 0 saturated carbocycles. The first kappa shape index (κ1) is 21.6. The SMILES string of the molecule is COc1ccccc1NC(=O)COC(=O)C1CCN(C(=O)c2ccc(Cl)cc2)CC1. The zero-order valence-corrected chi connectivity index (χ0v) is 17.4. The molecule has 0 aromatic heterocycles. The van der Waals surface area contributed by atoms with Gasteiger partial charge in [0, 0.05) is 23.7 Å². The summed E-state index contributed by atoms with van der Waals surface area (Å²) in [6.45, 7) is 0.532. The van der Waals surface area contributed by atoms with Crippen LogP contribution in [0.15, 0.2) is 48.5 Å². The third-order valence-electron chi connectivity index (χ3n) is 4.93. The van der Waals surface area contributed by atoms with Gasteiger partial charge < -0.3 is 19.7 Å². The first-order chi connectivity index (χ1) is 14.5. The van der Waals surface area contributed by atoms with Crippen LogP contribution in [-0.2, 0) is 14.3 Å². The highest BCUT2D eigenvalue weighted by Gasteiger charge is 2.29. The Labute approximate surface area is 179 Å². The van der Waals surface area contributed by atoms with E-state index in [4.69, 9.17) is 21.1 Å². The molecule has 2 aromatic carbocycles. The van der Waals surface area contributed by atoms with Crippen molar-refractivity contribution < 1.29 is 23.9 Å². The molecule has 2 amide bonds. The molecular weight excluding hydrogens is 408 g/mol. The highest BCUT2D eigenvalue weighted by atomic mass is 35.5. The molecule has 158 valence electrons. The summed E-state index contributed by atoms with van der Waals surface area (Å²) < 4.78 is 10.3. The number of carbonyl (C=O) groups is 3. The van der Waals surface area contributed by atoms with Crippen LogP contribution in [0.4, 0.5) is 5.69 Å². The molecule has 7 nitrogen and oxygen atoms in total. The predicted octanol–water partition coefficient (Wildman–Crippen LogP) is 3.38. The van der Waals surface area contributed by atoms with Gasteiger partial charge in [0.2, 0.25) is 0 Å². The lowest BCUT2D eigenvalue weighted by Gasteiger charge is -2.31. The third-order valence-corrected chi connectivity index (χ3v) is 5.19. The van der Waals surface area contributed by atoms with Gasteiger partial charge in [0.15, 0.2) is 6.61 Å². The summed E-state index contributed by atoms with van der Waals surface area (Å²) in [7, 11) is 1.51. The number of esters is 1. The Kier molecular flexibility index (Phi) is 7.30. The standard InChI is InChI=1S/C22H23ClN2O5/c1-29-19-5-3-2-4-18(19)24-20(26)14-30-22(28)16-10-12-25(13-11-16)21(27)15-6-8-17(23)9-7-15/h2-9,16H,10-14H2,1H3,(H,24,26). The van der Waals surface area contributed by atoms with Gasteiger partial charge in [-0.2, -0.15) is 0 Å². The summed E-state index contributed by atoms with van der Waals surface area (Å²) in [6.07, 6.45) is 0.985. The Morgan fingerprint density at radius 3 is 2.40 bits per heavy atom. The van der Waals surface area contributed by atoms with Gasteiger partial charge >= 0.3 is 5.97 Å². The maximum atomic E-state index is 12.5. The van der Waals surface area contributed by atoms with E-state index in [0.717, 1.165) is 0 Å². The van der Waals surface area contributed by atoms with Crippen molar-refractivity contribution in [3.63, 3.8) is 0 Å². The summed E-state index contributed by atoms with van der Waals surface area (Å²) in [5, 5.41) is 3.23. The molecule has 2 aromatic rings. The normalized spacial score (nSPS) is 14.1. The average Bonchev–Trinajstić information content (AvgIpc) is 2.78. The Balaban J connectivity index is 1.44. The fourth-order valence-corrected chi connectivity index (χ4v) is 3.41. The molecule has 1 saturated heterocycles. The number of anilines is 1. The minimum absolute atomic E-state index is 0.0883. The molecule has 1 heterocycles. The van der Waals surface area contributed by atoms with Crippen LogP contribution in [0.2, 0.25) is 5.02 Å². The van der Waals surface area contributed by atoms with E-state index in [-0.39, 0.29) is 18.4 Å². The topological polar surface area (TPSA) is 84.9 Å². The maximum absolute atomic E-state index is 12.5. The molecule has 8 heteroatoms. The van der Waals surface area contributed by atoms with Gasteiger partial charge in [-0.1, -0.05) is 23.7 Å².